The van der Waals surface area contributed by atoms with Crippen molar-refractivity contribution in [3.05, 3.63) is 76.1 Å². The third-order valence-corrected chi connectivity index (χ3v) is 9.16. The van der Waals surface area contributed by atoms with Crippen molar-refractivity contribution in [2.45, 2.75) is 64.8 Å². The Kier molecular flexibility index (Phi) is 16.1. The molecule has 2 aromatic carbocycles. The van der Waals surface area contributed by atoms with E-state index >= 15 is 0 Å². The van der Waals surface area contributed by atoms with E-state index in [1.54, 1.807) is 7.11 Å². The van der Waals surface area contributed by atoms with Gasteiger partial charge in [-0.25, -0.2) is 9.97 Å². The maximum absolute atomic E-state index is 13.2. The maximum atomic E-state index is 13.2. The molecule has 268 valence electrons. The standard InChI is InChI=1S/C35H49ClN8O3.C2H6/c1-43(2)20-7-19-39-34(45)27-15-11-25(12-16-27)8-4-21-44(22-5-9-26-13-17-29(47-3)18-14-26)23-6-10-28(24-44)40-35(46)30-32(37)42-33(38)31(36)41-30;1-2/h11-18,28H,4-10,19-24H2,1-3H3,(H5-,37,38,39,40,42,45,46);1-2H3/p+1. The van der Waals surface area contributed by atoms with Crippen LogP contribution in [0.2, 0.25) is 5.15 Å². The minimum Gasteiger partial charge on any atom is -0.497 e. The Balaban J connectivity index is 0.00000319. The number of piperidine rings is 1. The number of aromatic nitrogens is 2. The van der Waals surface area contributed by atoms with Crippen LogP contribution in [-0.2, 0) is 12.8 Å². The van der Waals surface area contributed by atoms with Gasteiger partial charge in [0, 0.05) is 24.9 Å². The first kappa shape index (κ1) is 39.5. The van der Waals surface area contributed by atoms with Gasteiger partial charge < -0.3 is 36.2 Å². The highest BCUT2D eigenvalue weighted by Crippen LogP contribution is 2.24. The summed E-state index contributed by atoms with van der Waals surface area (Å²) < 4.78 is 6.23. The smallest absolute Gasteiger partial charge is 0.274 e. The van der Waals surface area contributed by atoms with Gasteiger partial charge in [-0.2, -0.15) is 0 Å². The first-order valence-electron chi connectivity index (χ1n) is 17.5. The number of aryl methyl sites for hydroxylation is 2. The lowest BCUT2D eigenvalue weighted by molar-refractivity contribution is -0.933. The SMILES string of the molecule is CC.COc1ccc(CCC[N+]2(CCCc3ccc(C(=O)NCCCN(C)C)cc3)CCCC(NC(=O)c3nc(Cl)c(N)nc3N)C2)cc1. The lowest BCUT2D eigenvalue weighted by Gasteiger charge is -2.45. The van der Waals surface area contributed by atoms with Crippen molar-refractivity contribution in [3.8, 4) is 5.75 Å². The molecule has 0 radical (unpaired) electrons. The molecule has 2 heterocycles. The highest BCUT2D eigenvalue weighted by atomic mass is 35.5. The molecule has 1 fully saturated rings. The van der Waals surface area contributed by atoms with Gasteiger partial charge in [-0.15, -0.1) is 0 Å². The molecule has 12 heteroatoms. The van der Waals surface area contributed by atoms with Crippen molar-refractivity contribution in [2.75, 3.05) is 71.9 Å². The molecule has 0 spiro atoms. The summed E-state index contributed by atoms with van der Waals surface area (Å²) in [5.74, 6) is 0.398. The van der Waals surface area contributed by atoms with Gasteiger partial charge in [0.2, 0.25) is 0 Å². The Morgan fingerprint density at radius 1 is 0.918 bits per heavy atom. The number of nitrogens with two attached hydrogens (primary N) is 2. The summed E-state index contributed by atoms with van der Waals surface area (Å²) >= 11 is 6.04. The van der Waals surface area contributed by atoms with Gasteiger partial charge in [0.15, 0.2) is 22.5 Å². The van der Waals surface area contributed by atoms with Crippen molar-refractivity contribution in [2.24, 2.45) is 0 Å². The molecule has 0 saturated carbocycles. The number of nitrogens with one attached hydrogen (secondary N) is 2. The van der Waals surface area contributed by atoms with Gasteiger partial charge in [0.1, 0.15) is 5.75 Å². The minimum absolute atomic E-state index is 0.000514. The van der Waals surface area contributed by atoms with Crippen LogP contribution in [0.3, 0.4) is 0 Å². The van der Waals surface area contributed by atoms with Crippen molar-refractivity contribution in [1.82, 2.24) is 25.5 Å². The molecular weight excluding hydrogens is 640 g/mol. The highest BCUT2D eigenvalue weighted by Gasteiger charge is 2.35. The Hall–Kier alpha value is -3.93. The zero-order chi connectivity index (χ0) is 35.8. The van der Waals surface area contributed by atoms with Crippen molar-refractivity contribution in [1.29, 1.82) is 0 Å². The van der Waals surface area contributed by atoms with Crippen LogP contribution in [0.25, 0.3) is 0 Å². The molecular formula is C37H56ClN8O3+. The lowest BCUT2D eigenvalue weighted by atomic mass is 9.99. The molecule has 2 amide bonds. The van der Waals surface area contributed by atoms with E-state index in [9.17, 15) is 9.59 Å². The molecule has 0 aliphatic carbocycles. The van der Waals surface area contributed by atoms with Crippen LogP contribution in [0.5, 0.6) is 5.75 Å². The van der Waals surface area contributed by atoms with Gasteiger partial charge in [0.05, 0.1) is 39.3 Å². The summed E-state index contributed by atoms with van der Waals surface area (Å²) in [5, 5.41) is 6.13. The lowest BCUT2D eigenvalue weighted by Crippen LogP contribution is -2.60. The van der Waals surface area contributed by atoms with Gasteiger partial charge in [-0.1, -0.05) is 49.7 Å². The quantitative estimate of drug-likeness (QED) is 0.121. The molecule has 4 rings (SSSR count). The number of carbonyl (C=O) groups excluding carboxylic acids is 2. The number of methoxy groups -OCH3 is 1. The van der Waals surface area contributed by atoms with Crippen molar-refractivity contribution in [3.63, 3.8) is 0 Å². The Bertz CT molecular complexity index is 1470. The first-order chi connectivity index (χ1) is 23.6. The number of amides is 2. The summed E-state index contributed by atoms with van der Waals surface area (Å²) in [5.41, 5.74) is 14.8. The Morgan fingerprint density at radius 3 is 2.12 bits per heavy atom. The Morgan fingerprint density at radius 2 is 1.53 bits per heavy atom. The number of halogens is 1. The van der Waals surface area contributed by atoms with Crippen LogP contribution in [0.1, 0.15) is 77.9 Å². The third kappa shape index (κ3) is 12.5. The van der Waals surface area contributed by atoms with Gasteiger partial charge in [0.25, 0.3) is 11.8 Å². The third-order valence-electron chi connectivity index (χ3n) is 8.89. The van der Waals surface area contributed by atoms with Crippen molar-refractivity contribution >= 4 is 35.1 Å². The van der Waals surface area contributed by atoms with Crippen molar-refractivity contribution < 1.29 is 18.8 Å². The number of ether oxygens (including phenoxy) is 1. The van der Waals surface area contributed by atoms with Crippen LogP contribution in [0, 0.1) is 0 Å². The zero-order valence-corrected chi connectivity index (χ0v) is 30.7. The van der Waals surface area contributed by atoms with E-state index in [1.807, 2.05) is 52.2 Å². The second-order valence-corrected chi connectivity index (χ2v) is 13.2. The average molecular weight is 696 g/mol. The van der Waals surface area contributed by atoms with E-state index < -0.39 is 0 Å². The number of nitrogens with zero attached hydrogens (tertiary/aromatic N) is 4. The van der Waals surface area contributed by atoms with Crippen LogP contribution >= 0.6 is 11.6 Å². The second kappa shape index (κ2) is 19.9. The molecule has 2 atom stereocenters. The molecule has 1 aliphatic rings. The summed E-state index contributed by atoms with van der Waals surface area (Å²) in [4.78, 5) is 35.9. The molecule has 6 N–H and O–H groups in total. The number of hydrogen-bond donors (Lipinski definition) is 4. The van der Waals surface area contributed by atoms with E-state index in [2.05, 4.69) is 49.8 Å². The maximum Gasteiger partial charge on any atom is 0.274 e. The molecule has 2 unspecified atom stereocenters. The molecule has 3 aromatic rings. The fourth-order valence-electron chi connectivity index (χ4n) is 6.37. The molecule has 0 bridgehead atoms. The van der Waals surface area contributed by atoms with E-state index in [-0.39, 0.29) is 40.3 Å². The fraction of sp³-hybridized carbons (Fsp3) is 0.514. The van der Waals surface area contributed by atoms with E-state index in [0.29, 0.717) is 12.1 Å². The molecule has 49 heavy (non-hydrogen) atoms. The van der Waals surface area contributed by atoms with E-state index in [1.165, 1.54) is 11.1 Å². The van der Waals surface area contributed by atoms with Crippen LogP contribution in [0.15, 0.2) is 48.5 Å². The number of anilines is 2. The topological polar surface area (TPSA) is 148 Å². The van der Waals surface area contributed by atoms with E-state index in [0.717, 1.165) is 87.9 Å². The normalized spacial score (nSPS) is 17.2. The predicted molar refractivity (Wildman–Crippen MR) is 199 cm³/mol. The minimum atomic E-state index is -0.387. The number of hydrogen-bond acceptors (Lipinski definition) is 8. The molecule has 1 aliphatic heterocycles. The van der Waals surface area contributed by atoms with Gasteiger partial charge in [-0.05, 0) is 88.1 Å². The number of carbonyl (C=O) groups is 2. The number of quaternary nitrogens is 1. The average Bonchev–Trinajstić information content (AvgIpc) is 3.09. The fourth-order valence-corrected chi connectivity index (χ4v) is 6.50. The van der Waals surface area contributed by atoms with Crippen LogP contribution in [0.4, 0.5) is 11.6 Å². The number of nitrogen functional groups attached to an aromatic ring is 2. The number of rotatable bonds is 16. The van der Waals surface area contributed by atoms with Crippen LogP contribution < -0.4 is 26.8 Å². The number of likely N-dealkylation sites (tertiary alicyclic amines) is 1. The zero-order valence-electron chi connectivity index (χ0n) is 29.9. The second-order valence-electron chi connectivity index (χ2n) is 12.8. The van der Waals surface area contributed by atoms with Gasteiger partial charge in [-0.3, -0.25) is 9.59 Å². The first-order valence-corrected chi connectivity index (χ1v) is 17.8. The molecule has 1 saturated heterocycles. The van der Waals surface area contributed by atoms with Crippen LogP contribution in [-0.4, -0.2) is 97.7 Å². The summed E-state index contributed by atoms with van der Waals surface area (Å²) in [7, 11) is 5.73. The Labute approximate surface area is 297 Å². The monoisotopic (exact) mass is 695 g/mol. The largest absolute Gasteiger partial charge is 0.497 e. The number of benzene rings is 2. The molecule has 11 nitrogen and oxygen atoms in total. The van der Waals surface area contributed by atoms with Gasteiger partial charge >= 0.3 is 0 Å². The highest BCUT2D eigenvalue weighted by molar-refractivity contribution is 6.31. The van der Waals surface area contributed by atoms with E-state index in [4.69, 9.17) is 27.8 Å². The summed E-state index contributed by atoms with van der Waals surface area (Å²) in [6.45, 7) is 9.45. The summed E-state index contributed by atoms with van der Waals surface area (Å²) in [6.07, 6.45) is 6.68. The summed E-state index contributed by atoms with van der Waals surface area (Å²) in [6, 6.07) is 16.2. The molecule has 1 aromatic heterocycles. The predicted octanol–water partition coefficient (Wildman–Crippen LogP) is 4.99.